The lowest BCUT2D eigenvalue weighted by Crippen LogP contribution is -2.08. The number of fused-ring (bicyclic) bond motifs is 1. The molecule has 0 spiro atoms. The molecule has 0 bridgehead atoms. The van der Waals surface area contributed by atoms with E-state index >= 15 is 0 Å². The van der Waals surface area contributed by atoms with E-state index in [-0.39, 0.29) is 22.4 Å². The Morgan fingerprint density at radius 3 is 2.24 bits per heavy atom. The molecule has 0 fully saturated rings. The summed E-state index contributed by atoms with van der Waals surface area (Å²) in [6, 6.07) is 20.0. The molecule has 4 nitrogen and oxygen atoms in total. The number of hydrogen-bond acceptors (Lipinski definition) is 3. The second kappa shape index (κ2) is 8.01. The fourth-order valence-electron chi connectivity index (χ4n) is 3.66. The van der Waals surface area contributed by atoms with Gasteiger partial charge in [-0.1, -0.05) is 47.5 Å². The molecule has 0 aliphatic rings. The Kier molecular flexibility index (Phi) is 5.13. The van der Waals surface area contributed by atoms with Crippen LogP contribution in [0.4, 0.5) is 13.2 Å². The van der Waals surface area contributed by atoms with Gasteiger partial charge in [0, 0.05) is 16.8 Å². The van der Waals surface area contributed by atoms with Crippen molar-refractivity contribution in [3.63, 3.8) is 0 Å². The highest BCUT2D eigenvalue weighted by atomic mass is 35.5. The van der Waals surface area contributed by atoms with Gasteiger partial charge >= 0.3 is 6.18 Å². The Hall–Kier alpha value is -3.71. The topological polar surface area (TPSA) is 43.6 Å². The molecule has 0 aliphatic carbocycles. The van der Waals surface area contributed by atoms with Crippen LogP contribution in [0.2, 0.25) is 5.02 Å². The van der Waals surface area contributed by atoms with Gasteiger partial charge in [-0.05, 0) is 49.4 Å². The monoisotopic (exact) mass is 464 g/mol. The minimum atomic E-state index is -4.63. The highest BCUT2D eigenvalue weighted by Crippen LogP contribution is 2.41. The first-order valence-electron chi connectivity index (χ1n) is 10.1. The second-order valence-electron chi connectivity index (χ2n) is 7.57. The maximum atomic E-state index is 14.3. The van der Waals surface area contributed by atoms with Gasteiger partial charge in [-0.3, -0.25) is 4.98 Å². The Bertz CT molecular complexity index is 1440. The molecule has 3 aromatic heterocycles. The number of aryl methyl sites for hydroxylation is 1. The van der Waals surface area contributed by atoms with E-state index in [2.05, 4.69) is 15.1 Å². The fraction of sp³-hybridized carbons (Fsp3) is 0.0800. The Morgan fingerprint density at radius 2 is 1.61 bits per heavy atom. The third-order valence-electron chi connectivity index (χ3n) is 5.27. The Balaban J connectivity index is 1.89. The molecule has 0 saturated heterocycles. The molecular formula is C25H16ClF3N4. The maximum absolute atomic E-state index is 14.3. The molecule has 3 heterocycles. The molecule has 5 aromatic rings. The van der Waals surface area contributed by atoms with Crippen LogP contribution in [-0.2, 0) is 6.18 Å². The number of aromatic nitrogens is 4. The van der Waals surface area contributed by atoms with E-state index in [1.54, 1.807) is 54.6 Å². The van der Waals surface area contributed by atoms with E-state index in [1.807, 2.05) is 19.1 Å². The SMILES string of the molecule is Cc1ccc(-n2nc(-c3ccc(Cl)cc3)c3c(C(F)(F)F)cc(-c4ccccn4)nc32)cc1. The predicted molar refractivity (Wildman–Crippen MR) is 122 cm³/mol. The van der Waals surface area contributed by atoms with Crippen molar-refractivity contribution in [3.05, 3.63) is 95.1 Å². The summed E-state index contributed by atoms with van der Waals surface area (Å²) >= 11 is 6.00. The van der Waals surface area contributed by atoms with Crippen LogP contribution in [0.5, 0.6) is 0 Å². The van der Waals surface area contributed by atoms with E-state index in [0.717, 1.165) is 11.6 Å². The first-order valence-corrected chi connectivity index (χ1v) is 10.4. The third-order valence-corrected chi connectivity index (χ3v) is 5.52. The van der Waals surface area contributed by atoms with Gasteiger partial charge in [-0.15, -0.1) is 0 Å². The predicted octanol–water partition coefficient (Wildman–Crippen LogP) is 7.13. The molecule has 164 valence electrons. The van der Waals surface area contributed by atoms with E-state index in [0.29, 0.717) is 22.0 Å². The smallest absolute Gasteiger partial charge is 0.255 e. The lowest BCUT2D eigenvalue weighted by atomic mass is 10.0. The molecule has 0 unspecified atom stereocenters. The van der Waals surface area contributed by atoms with Crippen LogP contribution in [0.25, 0.3) is 39.4 Å². The number of halogens is 4. The summed E-state index contributed by atoms with van der Waals surface area (Å²) in [4.78, 5) is 8.79. The van der Waals surface area contributed by atoms with Crippen LogP contribution in [0.1, 0.15) is 11.1 Å². The molecule has 0 atom stereocenters. The lowest BCUT2D eigenvalue weighted by Gasteiger charge is -2.12. The normalized spacial score (nSPS) is 11.8. The first-order chi connectivity index (χ1) is 15.8. The molecular weight excluding hydrogens is 449 g/mol. The van der Waals surface area contributed by atoms with Crippen molar-refractivity contribution in [2.24, 2.45) is 0 Å². The fourth-order valence-corrected chi connectivity index (χ4v) is 3.79. The summed E-state index contributed by atoms with van der Waals surface area (Å²) in [5.41, 5.74) is 2.04. The quantitative estimate of drug-likeness (QED) is 0.285. The largest absolute Gasteiger partial charge is 0.417 e. The van der Waals surface area contributed by atoms with Crippen molar-refractivity contribution >= 4 is 22.6 Å². The van der Waals surface area contributed by atoms with Gasteiger partial charge in [0.2, 0.25) is 0 Å². The average molecular weight is 465 g/mol. The van der Waals surface area contributed by atoms with Gasteiger partial charge in [-0.2, -0.15) is 18.3 Å². The minimum absolute atomic E-state index is 0.0786. The number of benzene rings is 2. The van der Waals surface area contributed by atoms with E-state index in [1.165, 1.54) is 10.9 Å². The van der Waals surface area contributed by atoms with E-state index in [4.69, 9.17) is 11.6 Å². The third kappa shape index (κ3) is 3.96. The van der Waals surface area contributed by atoms with Crippen molar-refractivity contribution < 1.29 is 13.2 Å². The molecule has 8 heteroatoms. The second-order valence-corrected chi connectivity index (χ2v) is 8.01. The van der Waals surface area contributed by atoms with E-state index in [9.17, 15) is 13.2 Å². The molecule has 0 N–H and O–H groups in total. The number of rotatable bonds is 3. The van der Waals surface area contributed by atoms with Gasteiger partial charge < -0.3 is 0 Å². The van der Waals surface area contributed by atoms with Crippen molar-refractivity contribution in [1.82, 2.24) is 19.7 Å². The van der Waals surface area contributed by atoms with Crippen molar-refractivity contribution in [2.45, 2.75) is 13.1 Å². The van der Waals surface area contributed by atoms with Gasteiger partial charge in [0.1, 0.15) is 5.69 Å². The molecule has 0 amide bonds. The van der Waals surface area contributed by atoms with Crippen LogP contribution < -0.4 is 0 Å². The zero-order chi connectivity index (χ0) is 23.2. The number of hydrogen-bond donors (Lipinski definition) is 0. The van der Waals surface area contributed by atoms with Gasteiger partial charge in [0.15, 0.2) is 5.65 Å². The molecule has 0 aliphatic heterocycles. The summed E-state index contributed by atoms with van der Waals surface area (Å²) in [5, 5.41) is 4.99. The molecule has 0 saturated carbocycles. The summed E-state index contributed by atoms with van der Waals surface area (Å²) in [7, 11) is 0. The zero-order valence-corrected chi connectivity index (χ0v) is 18.1. The Morgan fingerprint density at radius 1 is 0.879 bits per heavy atom. The molecule has 33 heavy (non-hydrogen) atoms. The van der Waals surface area contributed by atoms with Crippen LogP contribution >= 0.6 is 11.6 Å². The molecule has 2 aromatic carbocycles. The minimum Gasteiger partial charge on any atom is -0.255 e. The number of alkyl halides is 3. The maximum Gasteiger partial charge on any atom is 0.417 e. The van der Waals surface area contributed by atoms with Crippen LogP contribution in [-0.4, -0.2) is 19.7 Å². The van der Waals surface area contributed by atoms with Crippen LogP contribution in [0.15, 0.2) is 79.0 Å². The highest BCUT2D eigenvalue weighted by molar-refractivity contribution is 6.30. The lowest BCUT2D eigenvalue weighted by molar-refractivity contribution is -0.136. The summed E-state index contributed by atoms with van der Waals surface area (Å²) in [5.74, 6) is 0. The van der Waals surface area contributed by atoms with Crippen molar-refractivity contribution in [1.29, 1.82) is 0 Å². The van der Waals surface area contributed by atoms with Crippen molar-refractivity contribution in [2.75, 3.05) is 0 Å². The van der Waals surface area contributed by atoms with E-state index < -0.39 is 11.7 Å². The molecule has 0 radical (unpaired) electrons. The Labute approximate surface area is 192 Å². The van der Waals surface area contributed by atoms with Gasteiger partial charge in [-0.25, -0.2) is 9.67 Å². The number of nitrogens with zero attached hydrogens (tertiary/aromatic N) is 4. The highest BCUT2D eigenvalue weighted by Gasteiger charge is 2.36. The van der Waals surface area contributed by atoms with Gasteiger partial charge in [0.05, 0.1) is 28.0 Å². The van der Waals surface area contributed by atoms with Gasteiger partial charge in [0.25, 0.3) is 0 Å². The summed E-state index contributed by atoms with van der Waals surface area (Å²) < 4.78 is 44.4. The summed E-state index contributed by atoms with van der Waals surface area (Å²) in [6.45, 7) is 1.93. The van der Waals surface area contributed by atoms with Crippen LogP contribution in [0.3, 0.4) is 0 Å². The van der Waals surface area contributed by atoms with Crippen molar-refractivity contribution in [3.8, 4) is 28.3 Å². The molecule has 5 rings (SSSR count). The van der Waals surface area contributed by atoms with Crippen LogP contribution in [0, 0.1) is 6.92 Å². The summed E-state index contributed by atoms with van der Waals surface area (Å²) in [6.07, 6.45) is -3.11. The standard InChI is InChI=1S/C25H16ClF3N4/c1-15-5-11-18(12-6-15)33-24-22(23(32-33)16-7-9-17(26)10-8-16)19(25(27,28)29)14-21(31-24)20-4-2-3-13-30-20/h2-14H,1H3. The number of pyridine rings is 2. The first kappa shape index (κ1) is 21.2. The average Bonchev–Trinajstić information content (AvgIpc) is 3.19. The zero-order valence-electron chi connectivity index (χ0n) is 17.3.